The molecule has 0 atom stereocenters. The molecule has 0 aliphatic carbocycles. The third-order valence-electron chi connectivity index (χ3n) is 1.33. The Kier molecular flexibility index (Phi) is 2.22. The molecule has 0 unspecified atom stereocenters. The number of thioether (sulfide) groups is 1. The Morgan fingerprint density at radius 2 is 2.25 bits per heavy atom. The molecule has 0 radical (unpaired) electrons. The molecule has 0 saturated heterocycles. The summed E-state index contributed by atoms with van der Waals surface area (Å²) in [6, 6.07) is -0.865. The number of carbonyl (C=O) groups excluding carboxylic acids is 1. The van der Waals surface area contributed by atoms with Gasteiger partial charge >= 0.3 is 11.7 Å². The number of hydrogen-bond donors (Lipinski definition) is 1. The van der Waals surface area contributed by atoms with E-state index in [-0.39, 0.29) is 0 Å². The quantitative estimate of drug-likeness (QED) is 0.587. The maximum atomic E-state index is 11.1. The van der Waals surface area contributed by atoms with Crippen LogP contribution in [0.5, 0.6) is 0 Å². The Morgan fingerprint density at radius 3 is 2.50 bits per heavy atom. The molecular formula is C5H8N4O2S. The van der Waals surface area contributed by atoms with Crippen molar-refractivity contribution >= 4 is 17.8 Å². The van der Waals surface area contributed by atoms with Gasteiger partial charge in [0.25, 0.3) is 0 Å². The van der Waals surface area contributed by atoms with Gasteiger partial charge in [0, 0.05) is 7.05 Å². The van der Waals surface area contributed by atoms with Gasteiger partial charge in [-0.1, -0.05) is 11.8 Å². The van der Waals surface area contributed by atoms with E-state index in [9.17, 15) is 9.59 Å². The number of nitrogens with zero attached hydrogens (tertiary/aromatic N) is 3. The molecule has 12 heavy (non-hydrogen) atoms. The summed E-state index contributed by atoms with van der Waals surface area (Å²) < 4.78 is 1.89. The number of primary amides is 1. The lowest BCUT2D eigenvalue weighted by Gasteiger charge is -1.88. The molecule has 1 aromatic heterocycles. The molecule has 0 fully saturated rings. The van der Waals surface area contributed by atoms with E-state index in [4.69, 9.17) is 5.73 Å². The van der Waals surface area contributed by atoms with E-state index in [1.54, 1.807) is 6.26 Å². The fourth-order valence-electron chi connectivity index (χ4n) is 0.741. The molecule has 1 rings (SSSR count). The largest absolute Gasteiger partial charge is 0.355 e. The molecule has 0 bridgehead atoms. The van der Waals surface area contributed by atoms with Gasteiger partial charge in [-0.3, -0.25) is 4.57 Å². The van der Waals surface area contributed by atoms with Crippen molar-refractivity contribution in [2.24, 2.45) is 12.8 Å². The summed E-state index contributed by atoms with van der Waals surface area (Å²) in [4.78, 5) is 21.7. The van der Waals surface area contributed by atoms with E-state index >= 15 is 0 Å². The third-order valence-corrected chi connectivity index (χ3v) is 2.05. The minimum Gasteiger partial charge on any atom is -0.350 e. The fourth-order valence-corrected chi connectivity index (χ4v) is 1.26. The summed E-state index contributed by atoms with van der Waals surface area (Å²) in [5, 5.41) is 4.14. The van der Waals surface area contributed by atoms with Gasteiger partial charge in [0.05, 0.1) is 0 Å². The summed E-state index contributed by atoms with van der Waals surface area (Å²) in [5.74, 6) is 0. The van der Waals surface area contributed by atoms with Crippen LogP contribution < -0.4 is 11.4 Å². The second-order valence-electron chi connectivity index (χ2n) is 2.08. The highest BCUT2D eigenvalue weighted by atomic mass is 32.2. The first-order valence-electron chi connectivity index (χ1n) is 3.07. The Balaban J connectivity index is 3.35. The summed E-state index contributed by atoms with van der Waals surface area (Å²) in [5.41, 5.74) is 4.37. The van der Waals surface area contributed by atoms with Crippen molar-refractivity contribution in [1.29, 1.82) is 0 Å². The van der Waals surface area contributed by atoms with Crippen molar-refractivity contribution in [2.75, 3.05) is 6.26 Å². The minimum atomic E-state index is -0.865. The normalized spacial score (nSPS) is 10.2. The minimum absolute atomic E-state index is 0.457. The number of carbonyl (C=O) groups is 1. The Bertz CT molecular complexity index is 366. The zero-order chi connectivity index (χ0) is 9.30. The summed E-state index contributed by atoms with van der Waals surface area (Å²) >= 11 is 1.27. The zero-order valence-electron chi connectivity index (χ0n) is 6.64. The van der Waals surface area contributed by atoms with Gasteiger partial charge < -0.3 is 5.73 Å². The van der Waals surface area contributed by atoms with E-state index in [1.807, 2.05) is 0 Å². The molecule has 0 spiro atoms. The van der Waals surface area contributed by atoms with Crippen LogP contribution in [0.4, 0.5) is 4.79 Å². The number of aromatic nitrogens is 3. The average molecular weight is 188 g/mol. The van der Waals surface area contributed by atoms with Crippen LogP contribution in [0.15, 0.2) is 9.95 Å². The maximum absolute atomic E-state index is 11.1. The van der Waals surface area contributed by atoms with Crippen LogP contribution in [0.2, 0.25) is 0 Å². The molecule has 0 saturated carbocycles. The van der Waals surface area contributed by atoms with Gasteiger partial charge in [-0.25, -0.2) is 9.59 Å². The van der Waals surface area contributed by atoms with Crippen molar-refractivity contribution in [2.45, 2.75) is 5.16 Å². The molecule has 0 aromatic carbocycles. The topological polar surface area (TPSA) is 82.9 Å². The van der Waals surface area contributed by atoms with Crippen molar-refractivity contribution in [3.63, 3.8) is 0 Å². The van der Waals surface area contributed by atoms with Gasteiger partial charge in [0.15, 0.2) is 5.16 Å². The van der Waals surface area contributed by atoms with Crippen LogP contribution in [-0.2, 0) is 7.05 Å². The second-order valence-corrected chi connectivity index (χ2v) is 2.85. The Labute approximate surface area is 72.3 Å². The molecule has 1 heterocycles. The lowest BCUT2D eigenvalue weighted by atomic mass is 11.0. The van der Waals surface area contributed by atoms with Crippen molar-refractivity contribution in [3.05, 3.63) is 10.5 Å². The highest BCUT2D eigenvalue weighted by molar-refractivity contribution is 7.98. The average Bonchev–Trinajstić information content (AvgIpc) is 2.30. The van der Waals surface area contributed by atoms with E-state index < -0.39 is 11.7 Å². The van der Waals surface area contributed by atoms with Gasteiger partial charge in [-0.05, 0) is 6.26 Å². The SMILES string of the molecule is CSc1nn(C(N)=O)c(=O)n1C. The predicted octanol–water partition coefficient (Wildman–Crippen LogP) is -0.770. The van der Waals surface area contributed by atoms with Crippen LogP contribution in [0, 0.1) is 0 Å². The molecule has 7 heteroatoms. The lowest BCUT2D eigenvalue weighted by molar-refractivity contribution is 0.246. The molecule has 1 amide bonds. The van der Waals surface area contributed by atoms with E-state index in [1.165, 1.54) is 23.4 Å². The van der Waals surface area contributed by atoms with Crippen molar-refractivity contribution in [1.82, 2.24) is 14.3 Å². The number of hydrogen-bond acceptors (Lipinski definition) is 4. The molecule has 66 valence electrons. The predicted molar refractivity (Wildman–Crippen MR) is 44.2 cm³/mol. The van der Waals surface area contributed by atoms with Crippen molar-refractivity contribution < 1.29 is 4.79 Å². The smallest absolute Gasteiger partial charge is 0.350 e. The molecule has 2 N–H and O–H groups in total. The summed E-state index contributed by atoms with van der Waals surface area (Å²) in [6.07, 6.45) is 1.76. The lowest BCUT2D eigenvalue weighted by Crippen LogP contribution is -2.33. The molecule has 6 nitrogen and oxygen atoms in total. The first kappa shape index (κ1) is 8.85. The van der Waals surface area contributed by atoms with Crippen LogP contribution in [0.3, 0.4) is 0 Å². The van der Waals surface area contributed by atoms with E-state index in [0.717, 1.165) is 0 Å². The van der Waals surface area contributed by atoms with Gasteiger partial charge in [-0.15, -0.1) is 9.78 Å². The fraction of sp³-hybridized carbons (Fsp3) is 0.400. The van der Waals surface area contributed by atoms with Crippen LogP contribution in [-0.4, -0.2) is 26.6 Å². The molecular weight excluding hydrogens is 180 g/mol. The third kappa shape index (κ3) is 1.22. The van der Waals surface area contributed by atoms with Crippen LogP contribution in [0.25, 0.3) is 0 Å². The summed E-state index contributed by atoms with van der Waals surface area (Å²) in [6.45, 7) is 0. The molecule has 0 aliphatic heterocycles. The highest BCUT2D eigenvalue weighted by Crippen LogP contribution is 2.06. The highest BCUT2D eigenvalue weighted by Gasteiger charge is 2.11. The van der Waals surface area contributed by atoms with E-state index in [2.05, 4.69) is 5.10 Å². The first-order chi connectivity index (χ1) is 5.57. The van der Waals surface area contributed by atoms with Crippen LogP contribution >= 0.6 is 11.8 Å². The monoisotopic (exact) mass is 188 g/mol. The number of rotatable bonds is 1. The number of nitrogens with two attached hydrogens (primary N) is 1. The Hall–Kier alpha value is -1.24. The Morgan fingerprint density at radius 1 is 1.67 bits per heavy atom. The number of amides is 1. The van der Waals surface area contributed by atoms with Gasteiger partial charge in [0.2, 0.25) is 0 Å². The standard InChI is InChI=1S/C5H8N4O2S/c1-8-4(12-2)7-9(3(6)10)5(8)11/h1-2H3,(H2,6,10). The van der Waals surface area contributed by atoms with Crippen LogP contribution in [0.1, 0.15) is 0 Å². The van der Waals surface area contributed by atoms with Gasteiger partial charge in [0.1, 0.15) is 0 Å². The molecule has 1 aromatic rings. The van der Waals surface area contributed by atoms with E-state index in [0.29, 0.717) is 9.84 Å². The zero-order valence-corrected chi connectivity index (χ0v) is 7.46. The van der Waals surface area contributed by atoms with Crippen molar-refractivity contribution in [3.8, 4) is 0 Å². The molecule has 0 aliphatic rings. The first-order valence-corrected chi connectivity index (χ1v) is 4.30. The summed E-state index contributed by atoms with van der Waals surface area (Å²) in [7, 11) is 1.53. The second kappa shape index (κ2) is 3.02. The maximum Gasteiger partial charge on any atom is 0.355 e. The van der Waals surface area contributed by atoms with Gasteiger partial charge in [-0.2, -0.15) is 0 Å².